The molecule has 1 aromatic rings. The first-order valence-corrected chi connectivity index (χ1v) is 3.82. The smallest absolute Gasteiger partial charge is 0.337 e. The highest BCUT2D eigenvalue weighted by Gasteiger charge is 2.13. The predicted molar refractivity (Wildman–Crippen MR) is 48.1 cm³/mol. The fraction of sp³-hybridized carbons (Fsp3) is 0.222. The Hall–Kier alpha value is -1.39. The molecular formula is C9H7BF2O2. The third-order valence-corrected chi connectivity index (χ3v) is 1.74. The van der Waals surface area contributed by atoms with E-state index in [2.05, 4.69) is 4.74 Å². The van der Waals surface area contributed by atoms with Crippen LogP contribution >= 0.6 is 0 Å². The Labute approximate surface area is 81.3 Å². The molecule has 2 nitrogen and oxygen atoms in total. The van der Waals surface area contributed by atoms with E-state index in [1.165, 1.54) is 19.2 Å². The van der Waals surface area contributed by atoms with Gasteiger partial charge in [0.15, 0.2) is 0 Å². The number of hydrogen-bond donors (Lipinski definition) is 0. The Morgan fingerprint density at radius 1 is 1.50 bits per heavy atom. The van der Waals surface area contributed by atoms with Crippen molar-refractivity contribution in [3.63, 3.8) is 0 Å². The van der Waals surface area contributed by atoms with E-state index < -0.39 is 12.4 Å². The zero-order valence-electron chi connectivity index (χ0n) is 7.46. The minimum atomic E-state index is -2.69. The van der Waals surface area contributed by atoms with E-state index in [0.29, 0.717) is 0 Å². The SMILES string of the molecule is [B]c1ccc(C(=O)OC)cc1C(F)F. The summed E-state index contributed by atoms with van der Waals surface area (Å²) in [6.07, 6.45) is -2.69. The largest absolute Gasteiger partial charge is 0.465 e. The van der Waals surface area contributed by atoms with Crippen LogP contribution in [0.3, 0.4) is 0 Å². The van der Waals surface area contributed by atoms with Crippen LogP contribution in [-0.2, 0) is 4.74 Å². The lowest BCUT2D eigenvalue weighted by molar-refractivity contribution is 0.0600. The maximum absolute atomic E-state index is 12.3. The highest BCUT2D eigenvalue weighted by atomic mass is 19.3. The van der Waals surface area contributed by atoms with E-state index in [9.17, 15) is 13.6 Å². The van der Waals surface area contributed by atoms with Gasteiger partial charge in [0.05, 0.1) is 12.7 Å². The number of carbonyl (C=O) groups is 1. The van der Waals surface area contributed by atoms with Crippen LogP contribution in [0.1, 0.15) is 22.3 Å². The Kier molecular flexibility index (Phi) is 3.22. The molecule has 0 amide bonds. The van der Waals surface area contributed by atoms with Crippen molar-refractivity contribution >= 4 is 19.3 Å². The van der Waals surface area contributed by atoms with Gasteiger partial charge in [-0.15, -0.1) is 0 Å². The van der Waals surface area contributed by atoms with Crippen LogP contribution in [0.2, 0.25) is 0 Å². The van der Waals surface area contributed by atoms with Gasteiger partial charge in [-0.1, -0.05) is 11.5 Å². The molecule has 0 spiro atoms. The highest BCUT2D eigenvalue weighted by Crippen LogP contribution is 2.17. The average molecular weight is 196 g/mol. The molecular weight excluding hydrogens is 189 g/mol. The number of carbonyl (C=O) groups excluding carboxylic acids is 1. The van der Waals surface area contributed by atoms with Crippen molar-refractivity contribution in [1.82, 2.24) is 0 Å². The van der Waals surface area contributed by atoms with Crippen molar-refractivity contribution in [2.24, 2.45) is 0 Å². The Bertz CT molecular complexity index is 353. The summed E-state index contributed by atoms with van der Waals surface area (Å²) in [6, 6.07) is 3.63. The van der Waals surface area contributed by atoms with Gasteiger partial charge >= 0.3 is 5.97 Å². The van der Waals surface area contributed by atoms with Gasteiger partial charge in [-0.2, -0.15) is 0 Å². The van der Waals surface area contributed by atoms with Crippen molar-refractivity contribution in [2.75, 3.05) is 7.11 Å². The summed E-state index contributed by atoms with van der Waals surface area (Å²) in [5, 5.41) is 0. The van der Waals surface area contributed by atoms with E-state index in [1.807, 2.05) is 0 Å². The van der Waals surface area contributed by atoms with Gasteiger partial charge < -0.3 is 4.74 Å². The zero-order chi connectivity index (χ0) is 10.7. The van der Waals surface area contributed by atoms with Crippen molar-refractivity contribution in [3.8, 4) is 0 Å². The standard InChI is InChI=1S/C9H7BF2O2/c1-14-9(13)5-2-3-7(10)6(4-5)8(11)12/h2-4,8H,1H3. The van der Waals surface area contributed by atoms with E-state index in [0.717, 1.165) is 6.07 Å². The molecule has 0 atom stereocenters. The van der Waals surface area contributed by atoms with Crippen LogP contribution in [0.15, 0.2) is 18.2 Å². The number of esters is 1. The summed E-state index contributed by atoms with van der Waals surface area (Å²) < 4.78 is 29.1. The van der Waals surface area contributed by atoms with Gasteiger partial charge in [-0.25, -0.2) is 13.6 Å². The van der Waals surface area contributed by atoms with Gasteiger partial charge in [-0.05, 0) is 12.1 Å². The number of rotatable bonds is 2. The first kappa shape index (κ1) is 10.7. The quantitative estimate of drug-likeness (QED) is 0.524. The third-order valence-electron chi connectivity index (χ3n) is 1.74. The van der Waals surface area contributed by atoms with E-state index >= 15 is 0 Å². The van der Waals surface area contributed by atoms with E-state index in [-0.39, 0.29) is 16.6 Å². The van der Waals surface area contributed by atoms with Crippen molar-refractivity contribution in [3.05, 3.63) is 29.3 Å². The molecule has 14 heavy (non-hydrogen) atoms. The molecule has 0 aliphatic carbocycles. The molecule has 5 heteroatoms. The Morgan fingerprint density at radius 2 is 2.14 bits per heavy atom. The fourth-order valence-electron chi connectivity index (χ4n) is 1.01. The fourth-order valence-corrected chi connectivity index (χ4v) is 1.01. The molecule has 2 radical (unpaired) electrons. The van der Waals surface area contributed by atoms with Gasteiger partial charge in [0.25, 0.3) is 6.43 Å². The van der Waals surface area contributed by atoms with Crippen LogP contribution < -0.4 is 5.46 Å². The molecule has 1 rings (SSSR count). The molecule has 0 saturated heterocycles. The number of halogens is 2. The van der Waals surface area contributed by atoms with Crippen LogP contribution in [0.5, 0.6) is 0 Å². The second-order valence-corrected chi connectivity index (χ2v) is 2.64. The topological polar surface area (TPSA) is 26.3 Å². The number of hydrogen-bond acceptors (Lipinski definition) is 2. The minimum absolute atomic E-state index is 0.0346. The summed E-state index contributed by atoms with van der Waals surface area (Å²) in [7, 11) is 6.48. The molecule has 1 aromatic carbocycles. The van der Waals surface area contributed by atoms with Crippen molar-refractivity contribution in [1.29, 1.82) is 0 Å². The first-order valence-electron chi connectivity index (χ1n) is 3.82. The third kappa shape index (κ3) is 2.10. The van der Waals surface area contributed by atoms with E-state index in [1.54, 1.807) is 0 Å². The number of methoxy groups -OCH3 is 1. The van der Waals surface area contributed by atoms with Crippen LogP contribution in [0, 0.1) is 0 Å². The summed E-state index contributed by atoms with van der Waals surface area (Å²) in [5.74, 6) is -0.660. The molecule has 0 bridgehead atoms. The molecule has 0 aliphatic heterocycles. The van der Waals surface area contributed by atoms with Crippen LogP contribution in [0.4, 0.5) is 8.78 Å². The van der Waals surface area contributed by atoms with Crippen molar-refractivity contribution < 1.29 is 18.3 Å². The lowest BCUT2D eigenvalue weighted by Gasteiger charge is -2.06. The second kappa shape index (κ2) is 4.22. The maximum Gasteiger partial charge on any atom is 0.337 e. The maximum atomic E-state index is 12.3. The number of ether oxygens (including phenoxy) is 1. The zero-order valence-corrected chi connectivity index (χ0v) is 7.46. The highest BCUT2D eigenvalue weighted by molar-refractivity contribution is 6.33. The van der Waals surface area contributed by atoms with Gasteiger partial charge in [-0.3, -0.25) is 0 Å². The molecule has 72 valence electrons. The Balaban J connectivity index is 3.13. The molecule has 0 heterocycles. The minimum Gasteiger partial charge on any atom is -0.465 e. The van der Waals surface area contributed by atoms with E-state index in [4.69, 9.17) is 7.85 Å². The molecule has 0 aromatic heterocycles. The second-order valence-electron chi connectivity index (χ2n) is 2.64. The lowest BCUT2D eigenvalue weighted by Crippen LogP contribution is -2.13. The van der Waals surface area contributed by atoms with Crippen LogP contribution in [0.25, 0.3) is 0 Å². The monoisotopic (exact) mass is 196 g/mol. The summed E-state index contributed by atoms with van der Waals surface area (Å²) in [5.41, 5.74) is -0.322. The lowest BCUT2D eigenvalue weighted by atomic mass is 9.89. The molecule has 0 N–H and O–H groups in total. The van der Waals surface area contributed by atoms with Gasteiger partial charge in [0, 0.05) is 5.56 Å². The summed E-state index contributed by atoms with van der Waals surface area (Å²) >= 11 is 0. The average Bonchev–Trinajstić information content (AvgIpc) is 2.17. The molecule has 0 fully saturated rings. The van der Waals surface area contributed by atoms with Crippen molar-refractivity contribution in [2.45, 2.75) is 6.43 Å². The summed E-state index contributed by atoms with van der Waals surface area (Å²) in [4.78, 5) is 11.0. The Morgan fingerprint density at radius 3 is 2.64 bits per heavy atom. The normalized spacial score (nSPS) is 10.3. The number of alkyl halides is 2. The molecule has 0 aliphatic rings. The van der Waals surface area contributed by atoms with Gasteiger partial charge in [0.1, 0.15) is 7.85 Å². The first-order chi connectivity index (χ1) is 6.56. The number of benzene rings is 1. The predicted octanol–water partition coefficient (Wildman–Crippen LogP) is 1.20. The summed E-state index contributed by atoms with van der Waals surface area (Å²) in [6.45, 7) is 0. The van der Waals surface area contributed by atoms with Gasteiger partial charge in [0.2, 0.25) is 0 Å². The molecule has 0 unspecified atom stereocenters. The van der Waals surface area contributed by atoms with Crippen LogP contribution in [-0.4, -0.2) is 20.9 Å². The molecule has 0 saturated carbocycles.